The molecule has 3 aromatic rings. The molecule has 0 unspecified atom stereocenters. The van der Waals surface area contributed by atoms with Crippen LogP contribution in [0.4, 0.5) is 5.69 Å². The van der Waals surface area contributed by atoms with Crippen LogP contribution in [-0.4, -0.2) is 28.7 Å². The molecule has 1 aromatic heterocycles. The van der Waals surface area contributed by atoms with Gasteiger partial charge in [-0.3, -0.25) is 9.48 Å². The first-order valence-electron chi connectivity index (χ1n) is 9.78. The Kier molecular flexibility index (Phi) is 5.78. The van der Waals surface area contributed by atoms with E-state index < -0.39 is 5.97 Å². The Morgan fingerprint density at radius 1 is 1.00 bits per heavy atom. The summed E-state index contributed by atoms with van der Waals surface area (Å²) < 4.78 is 7.03. The smallest absolute Gasteiger partial charge is 0.361 e. The van der Waals surface area contributed by atoms with E-state index in [4.69, 9.17) is 4.74 Å². The van der Waals surface area contributed by atoms with Gasteiger partial charge in [0.15, 0.2) is 0 Å². The number of carbonyl (C=O) groups is 2. The number of hydrogen-bond acceptors (Lipinski definition) is 4. The summed E-state index contributed by atoms with van der Waals surface area (Å²) in [6.45, 7) is 8.10. The third-order valence-corrected chi connectivity index (χ3v) is 4.90. The lowest BCUT2D eigenvalue weighted by atomic mass is 9.92. The minimum absolute atomic E-state index is 0.107. The van der Waals surface area contributed by atoms with Crippen LogP contribution in [0, 0.1) is 6.92 Å². The van der Waals surface area contributed by atoms with Crippen LogP contribution in [0.25, 0.3) is 0 Å². The summed E-state index contributed by atoms with van der Waals surface area (Å²) in [5.41, 5.74) is 3.47. The third kappa shape index (κ3) is 4.59. The molecule has 1 amide bonds. The van der Waals surface area contributed by atoms with E-state index in [1.54, 1.807) is 49.3 Å². The van der Waals surface area contributed by atoms with Crippen LogP contribution in [0.15, 0.2) is 54.6 Å². The van der Waals surface area contributed by atoms with Crippen molar-refractivity contribution in [1.29, 1.82) is 0 Å². The summed E-state index contributed by atoms with van der Waals surface area (Å²) in [6, 6.07) is 16.0. The zero-order chi connectivity index (χ0) is 22.1. The molecule has 0 fully saturated rings. The number of esters is 1. The number of carbonyl (C=O) groups excluding carboxylic acids is 2. The number of anilines is 1. The van der Waals surface area contributed by atoms with Crippen LogP contribution in [-0.2, 0) is 12.5 Å². The lowest BCUT2D eigenvalue weighted by Gasteiger charge is -2.18. The van der Waals surface area contributed by atoms with E-state index in [0.717, 1.165) is 11.3 Å². The number of aromatic nitrogens is 2. The molecule has 2 aromatic carbocycles. The zero-order valence-electron chi connectivity index (χ0n) is 18.3. The number of amides is 1. The van der Waals surface area contributed by atoms with E-state index in [9.17, 15) is 9.59 Å². The van der Waals surface area contributed by atoms with Gasteiger partial charge in [0.25, 0.3) is 5.91 Å². The van der Waals surface area contributed by atoms with E-state index in [-0.39, 0.29) is 11.3 Å². The molecule has 3 rings (SSSR count). The van der Waals surface area contributed by atoms with Crippen LogP contribution < -0.4 is 9.64 Å². The van der Waals surface area contributed by atoms with Crippen molar-refractivity contribution in [2.24, 2.45) is 7.05 Å². The Morgan fingerprint density at radius 2 is 1.60 bits per heavy atom. The van der Waals surface area contributed by atoms with Crippen molar-refractivity contribution in [2.75, 3.05) is 11.9 Å². The first-order chi connectivity index (χ1) is 14.1. The fourth-order valence-corrected chi connectivity index (χ4v) is 2.93. The van der Waals surface area contributed by atoms with E-state index >= 15 is 0 Å². The van der Waals surface area contributed by atoms with Crippen molar-refractivity contribution in [3.63, 3.8) is 0 Å². The minimum Gasteiger partial charge on any atom is -0.422 e. The molecule has 0 saturated heterocycles. The summed E-state index contributed by atoms with van der Waals surface area (Å²) in [7, 11) is 3.44. The molecule has 0 aliphatic carbocycles. The number of nitrogens with zero attached hydrogens (tertiary/aromatic N) is 3. The normalized spacial score (nSPS) is 11.3. The van der Waals surface area contributed by atoms with Crippen LogP contribution in [0.3, 0.4) is 0 Å². The minimum atomic E-state index is -0.475. The second kappa shape index (κ2) is 8.14. The Morgan fingerprint density at radius 3 is 2.13 bits per heavy atom. The average molecular weight is 405 g/mol. The number of hydrogen-bond donors (Lipinski definition) is 0. The molecule has 0 bridgehead atoms. The van der Waals surface area contributed by atoms with E-state index in [1.165, 1.54) is 4.68 Å². The molecule has 0 radical (unpaired) electrons. The van der Waals surface area contributed by atoms with Crippen molar-refractivity contribution >= 4 is 17.6 Å². The standard InChI is InChI=1S/C24H27N3O3/c1-16-7-9-17(10-8-16)22(28)26(5)18-11-13-19(14-12-18)30-23(29)20-15-21(24(2,3)4)25-27(20)6/h7-15H,1-6H3. The van der Waals surface area contributed by atoms with Crippen molar-refractivity contribution in [3.05, 3.63) is 77.1 Å². The summed E-state index contributed by atoms with van der Waals surface area (Å²) in [5.74, 6) is -0.180. The van der Waals surface area contributed by atoms with Gasteiger partial charge in [0, 0.05) is 30.8 Å². The monoisotopic (exact) mass is 405 g/mol. The number of rotatable bonds is 4. The largest absolute Gasteiger partial charge is 0.422 e. The van der Waals surface area contributed by atoms with Gasteiger partial charge in [-0.25, -0.2) is 4.79 Å². The van der Waals surface area contributed by atoms with Gasteiger partial charge in [0.05, 0.1) is 5.69 Å². The molecule has 0 aliphatic heterocycles. The maximum absolute atomic E-state index is 12.7. The second-order valence-corrected chi connectivity index (χ2v) is 8.40. The van der Waals surface area contributed by atoms with Gasteiger partial charge in [-0.2, -0.15) is 5.10 Å². The molecule has 6 heteroatoms. The van der Waals surface area contributed by atoms with Gasteiger partial charge >= 0.3 is 5.97 Å². The Bertz CT molecular complexity index is 1060. The van der Waals surface area contributed by atoms with Gasteiger partial charge < -0.3 is 9.64 Å². The molecule has 30 heavy (non-hydrogen) atoms. The van der Waals surface area contributed by atoms with Crippen molar-refractivity contribution in [3.8, 4) is 5.75 Å². The second-order valence-electron chi connectivity index (χ2n) is 8.40. The van der Waals surface area contributed by atoms with Crippen molar-refractivity contribution < 1.29 is 14.3 Å². The molecule has 0 atom stereocenters. The maximum atomic E-state index is 12.7. The van der Waals surface area contributed by atoms with E-state index in [2.05, 4.69) is 5.10 Å². The van der Waals surface area contributed by atoms with Gasteiger partial charge in [-0.05, 0) is 49.4 Å². The predicted molar refractivity (Wildman–Crippen MR) is 117 cm³/mol. The Hall–Kier alpha value is -3.41. The maximum Gasteiger partial charge on any atom is 0.361 e. The lowest BCUT2D eigenvalue weighted by Crippen LogP contribution is -2.26. The molecular formula is C24H27N3O3. The highest BCUT2D eigenvalue weighted by molar-refractivity contribution is 6.05. The summed E-state index contributed by atoms with van der Waals surface area (Å²) in [4.78, 5) is 26.8. The highest BCUT2D eigenvalue weighted by Crippen LogP contribution is 2.24. The first-order valence-corrected chi connectivity index (χ1v) is 9.78. The van der Waals surface area contributed by atoms with Crippen LogP contribution in [0.5, 0.6) is 5.75 Å². The summed E-state index contributed by atoms with van der Waals surface area (Å²) in [5, 5.41) is 4.41. The van der Waals surface area contributed by atoms with Gasteiger partial charge in [-0.1, -0.05) is 38.5 Å². The van der Waals surface area contributed by atoms with Gasteiger partial charge in [0.1, 0.15) is 11.4 Å². The topological polar surface area (TPSA) is 64.4 Å². The zero-order valence-corrected chi connectivity index (χ0v) is 18.3. The Labute approximate surface area is 177 Å². The van der Waals surface area contributed by atoms with Crippen LogP contribution in [0.1, 0.15) is 52.9 Å². The summed E-state index contributed by atoms with van der Waals surface area (Å²) >= 11 is 0. The molecule has 156 valence electrons. The quantitative estimate of drug-likeness (QED) is 0.473. The molecule has 0 aliphatic rings. The molecule has 0 spiro atoms. The average Bonchev–Trinajstić information content (AvgIpc) is 3.10. The number of aryl methyl sites for hydroxylation is 2. The number of benzene rings is 2. The van der Waals surface area contributed by atoms with Gasteiger partial charge in [0.2, 0.25) is 0 Å². The van der Waals surface area contributed by atoms with E-state index in [1.807, 2.05) is 52.0 Å². The predicted octanol–water partition coefficient (Wildman–Crippen LogP) is 4.52. The molecule has 0 N–H and O–H groups in total. The lowest BCUT2D eigenvalue weighted by molar-refractivity contribution is 0.0723. The molecule has 1 heterocycles. The first kappa shape index (κ1) is 21.3. The van der Waals surface area contributed by atoms with Crippen LogP contribution >= 0.6 is 0 Å². The van der Waals surface area contributed by atoms with Crippen molar-refractivity contribution in [2.45, 2.75) is 33.1 Å². The Balaban J connectivity index is 1.71. The fourth-order valence-electron chi connectivity index (χ4n) is 2.93. The molecule has 6 nitrogen and oxygen atoms in total. The highest BCUT2D eigenvalue weighted by atomic mass is 16.5. The molecule has 0 saturated carbocycles. The molecular weight excluding hydrogens is 378 g/mol. The van der Waals surface area contributed by atoms with Gasteiger partial charge in [-0.15, -0.1) is 0 Å². The van der Waals surface area contributed by atoms with E-state index in [0.29, 0.717) is 22.7 Å². The number of ether oxygens (including phenoxy) is 1. The fraction of sp³-hybridized carbons (Fsp3) is 0.292. The van der Waals surface area contributed by atoms with Crippen molar-refractivity contribution in [1.82, 2.24) is 9.78 Å². The van der Waals surface area contributed by atoms with Crippen LogP contribution in [0.2, 0.25) is 0 Å². The highest BCUT2D eigenvalue weighted by Gasteiger charge is 2.23. The SMILES string of the molecule is Cc1ccc(C(=O)N(C)c2ccc(OC(=O)c3cc(C(C)(C)C)nn3C)cc2)cc1. The third-order valence-electron chi connectivity index (χ3n) is 4.90. The summed E-state index contributed by atoms with van der Waals surface area (Å²) in [6.07, 6.45) is 0.